The molecule has 2 heteroatoms. The zero-order valence-corrected chi connectivity index (χ0v) is 12.0. The summed E-state index contributed by atoms with van der Waals surface area (Å²) in [6, 6.07) is 6.11. The SMILES string of the molecule is Cc1cc(O)ccc1NC1CC(C)CC(C)(C)C1. The number of benzene rings is 1. The van der Waals surface area contributed by atoms with Gasteiger partial charge in [-0.25, -0.2) is 0 Å². The molecule has 1 aliphatic rings. The van der Waals surface area contributed by atoms with Gasteiger partial charge in [0.2, 0.25) is 0 Å². The van der Waals surface area contributed by atoms with Crippen LogP contribution in [0.5, 0.6) is 5.75 Å². The summed E-state index contributed by atoms with van der Waals surface area (Å²) < 4.78 is 0. The summed E-state index contributed by atoms with van der Waals surface area (Å²) in [6.07, 6.45) is 3.78. The molecule has 0 heterocycles. The van der Waals surface area contributed by atoms with Gasteiger partial charge < -0.3 is 10.4 Å². The summed E-state index contributed by atoms with van der Waals surface area (Å²) >= 11 is 0. The predicted octanol–water partition coefficient (Wildman–Crippen LogP) is 4.33. The predicted molar refractivity (Wildman–Crippen MR) is 77.1 cm³/mol. The van der Waals surface area contributed by atoms with E-state index in [2.05, 4.69) is 26.1 Å². The number of rotatable bonds is 2. The van der Waals surface area contributed by atoms with E-state index in [-0.39, 0.29) is 0 Å². The zero-order chi connectivity index (χ0) is 13.3. The maximum atomic E-state index is 9.44. The topological polar surface area (TPSA) is 32.3 Å². The first-order chi connectivity index (χ1) is 8.35. The Bertz CT molecular complexity index is 425. The van der Waals surface area contributed by atoms with Gasteiger partial charge in [-0.2, -0.15) is 0 Å². The molecular weight excluding hydrogens is 222 g/mol. The van der Waals surface area contributed by atoms with Crippen molar-refractivity contribution in [3.63, 3.8) is 0 Å². The van der Waals surface area contributed by atoms with Crippen LogP contribution < -0.4 is 5.32 Å². The quantitative estimate of drug-likeness (QED) is 0.762. The minimum atomic E-state index is 0.343. The summed E-state index contributed by atoms with van der Waals surface area (Å²) in [5.41, 5.74) is 2.70. The molecule has 2 nitrogen and oxygen atoms in total. The Morgan fingerprint density at radius 3 is 2.61 bits per heavy atom. The van der Waals surface area contributed by atoms with Crippen molar-refractivity contribution >= 4 is 5.69 Å². The van der Waals surface area contributed by atoms with Crippen LogP contribution in [0.25, 0.3) is 0 Å². The van der Waals surface area contributed by atoms with Crippen LogP contribution in [0.1, 0.15) is 45.6 Å². The van der Waals surface area contributed by atoms with Crippen molar-refractivity contribution in [2.45, 2.75) is 53.0 Å². The van der Waals surface area contributed by atoms with Gasteiger partial charge in [0.25, 0.3) is 0 Å². The number of anilines is 1. The van der Waals surface area contributed by atoms with Gasteiger partial charge in [-0.15, -0.1) is 0 Å². The molecule has 0 saturated heterocycles. The van der Waals surface area contributed by atoms with Gasteiger partial charge in [0.05, 0.1) is 0 Å². The Balaban J connectivity index is 2.09. The zero-order valence-electron chi connectivity index (χ0n) is 12.0. The minimum absolute atomic E-state index is 0.343. The number of phenols is 1. The van der Waals surface area contributed by atoms with Crippen molar-refractivity contribution in [2.75, 3.05) is 5.32 Å². The van der Waals surface area contributed by atoms with E-state index in [4.69, 9.17) is 0 Å². The van der Waals surface area contributed by atoms with Gasteiger partial charge in [-0.05, 0) is 61.3 Å². The van der Waals surface area contributed by atoms with Crippen LogP contribution in [0.3, 0.4) is 0 Å². The van der Waals surface area contributed by atoms with Crippen LogP contribution in [0, 0.1) is 18.3 Å². The number of aromatic hydroxyl groups is 1. The molecule has 1 aromatic rings. The van der Waals surface area contributed by atoms with Crippen molar-refractivity contribution in [1.82, 2.24) is 0 Å². The third-order valence-corrected chi connectivity index (χ3v) is 3.96. The second-order valence-electron chi connectivity index (χ2n) is 6.75. The Labute approximate surface area is 110 Å². The van der Waals surface area contributed by atoms with Gasteiger partial charge in [0.15, 0.2) is 0 Å². The first-order valence-electron chi connectivity index (χ1n) is 6.92. The lowest BCUT2D eigenvalue weighted by Gasteiger charge is -2.39. The molecule has 1 fully saturated rings. The van der Waals surface area contributed by atoms with E-state index in [1.54, 1.807) is 6.07 Å². The molecule has 0 aromatic heterocycles. The summed E-state index contributed by atoms with van der Waals surface area (Å²) in [5.74, 6) is 1.12. The number of phenolic OH excluding ortho intramolecular Hbond substituents is 1. The molecule has 0 amide bonds. The second-order valence-corrected chi connectivity index (χ2v) is 6.75. The molecule has 0 aliphatic heterocycles. The van der Waals surface area contributed by atoms with E-state index in [0.29, 0.717) is 17.2 Å². The molecule has 2 rings (SSSR count). The molecule has 0 radical (unpaired) electrons. The maximum absolute atomic E-state index is 9.44. The first kappa shape index (κ1) is 13.3. The number of aryl methyl sites for hydroxylation is 1. The fourth-order valence-electron chi connectivity index (χ4n) is 3.49. The van der Waals surface area contributed by atoms with Crippen LogP contribution in [0.15, 0.2) is 18.2 Å². The molecule has 100 valence electrons. The molecule has 2 atom stereocenters. The summed E-state index contributed by atoms with van der Waals surface area (Å²) in [4.78, 5) is 0. The van der Waals surface area contributed by atoms with Crippen molar-refractivity contribution in [3.05, 3.63) is 23.8 Å². The monoisotopic (exact) mass is 247 g/mol. The fourth-order valence-corrected chi connectivity index (χ4v) is 3.49. The van der Waals surface area contributed by atoms with Gasteiger partial charge in [-0.1, -0.05) is 20.8 Å². The highest BCUT2D eigenvalue weighted by Crippen LogP contribution is 2.39. The van der Waals surface area contributed by atoms with Crippen molar-refractivity contribution < 1.29 is 5.11 Å². The van der Waals surface area contributed by atoms with Gasteiger partial charge in [0.1, 0.15) is 5.75 Å². The van der Waals surface area contributed by atoms with Gasteiger partial charge in [-0.3, -0.25) is 0 Å². The van der Waals surface area contributed by atoms with E-state index in [1.807, 2.05) is 19.1 Å². The molecule has 2 unspecified atom stereocenters. The van der Waals surface area contributed by atoms with E-state index >= 15 is 0 Å². The van der Waals surface area contributed by atoms with Gasteiger partial charge in [0, 0.05) is 11.7 Å². The van der Waals surface area contributed by atoms with E-state index in [9.17, 15) is 5.11 Å². The van der Waals surface area contributed by atoms with Crippen LogP contribution in [-0.4, -0.2) is 11.1 Å². The van der Waals surface area contributed by atoms with Crippen molar-refractivity contribution in [3.8, 4) is 5.75 Å². The third-order valence-electron chi connectivity index (χ3n) is 3.96. The lowest BCUT2D eigenvalue weighted by molar-refractivity contribution is 0.178. The number of hydrogen-bond acceptors (Lipinski definition) is 2. The number of hydrogen-bond donors (Lipinski definition) is 2. The molecule has 18 heavy (non-hydrogen) atoms. The summed E-state index contributed by atoms with van der Waals surface area (Å²) in [6.45, 7) is 9.11. The van der Waals surface area contributed by atoms with Crippen molar-refractivity contribution in [2.24, 2.45) is 11.3 Å². The molecule has 0 spiro atoms. The van der Waals surface area contributed by atoms with Crippen LogP contribution >= 0.6 is 0 Å². The van der Waals surface area contributed by atoms with E-state index in [1.165, 1.54) is 19.3 Å². The molecule has 1 aliphatic carbocycles. The maximum Gasteiger partial charge on any atom is 0.115 e. The molecule has 1 saturated carbocycles. The molecule has 0 bridgehead atoms. The second kappa shape index (κ2) is 4.83. The Morgan fingerprint density at radius 2 is 2.00 bits per heavy atom. The first-order valence-corrected chi connectivity index (χ1v) is 6.92. The molecule has 2 N–H and O–H groups in total. The normalized spacial score (nSPS) is 26.9. The Morgan fingerprint density at radius 1 is 1.28 bits per heavy atom. The van der Waals surface area contributed by atoms with Crippen LogP contribution in [0.2, 0.25) is 0 Å². The fraction of sp³-hybridized carbons (Fsp3) is 0.625. The average molecular weight is 247 g/mol. The highest BCUT2D eigenvalue weighted by molar-refractivity contribution is 5.54. The summed E-state index contributed by atoms with van der Waals surface area (Å²) in [5, 5.41) is 13.1. The largest absolute Gasteiger partial charge is 0.508 e. The molecular formula is C16H25NO. The minimum Gasteiger partial charge on any atom is -0.508 e. The lowest BCUT2D eigenvalue weighted by atomic mass is 9.70. The summed E-state index contributed by atoms with van der Waals surface area (Å²) in [7, 11) is 0. The highest BCUT2D eigenvalue weighted by atomic mass is 16.3. The van der Waals surface area contributed by atoms with Gasteiger partial charge >= 0.3 is 0 Å². The van der Waals surface area contributed by atoms with Crippen LogP contribution in [0.4, 0.5) is 5.69 Å². The highest BCUT2D eigenvalue weighted by Gasteiger charge is 2.31. The lowest BCUT2D eigenvalue weighted by Crippen LogP contribution is -2.35. The van der Waals surface area contributed by atoms with Crippen LogP contribution in [-0.2, 0) is 0 Å². The average Bonchev–Trinajstić information content (AvgIpc) is 2.19. The molecule has 1 aromatic carbocycles. The van der Waals surface area contributed by atoms with E-state index < -0.39 is 0 Å². The third kappa shape index (κ3) is 3.18. The Kier molecular flexibility index (Phi) is 3.56. The van der Waals surface area contributed by atoms with E-state index in [0.717, 1.165) is 17.2 Å². The van der Waals surface area contributed by atoms with Crippen molar-refractivity contribution in [1.29, 1.82) is 0 Å². The number of nitrogens with one attached hydrogen (secondary N) is 1. The standard InChI is InChI=1S/C16H25NO/c1-11-7-13(10-16(3,4)9-11)17-15-6-5-14(18)8-12(15)2/h5-6,8,11,13,17-18H,7,9-10H2,1-4H3. The smallest absolute Gasteiger partial charge is 0.115 e. The Hall–Kier alpha value is -1.18.